The fraction of sp³-hybridized carbons (Fsp3) is 0.600. The van der Waals surface area contributed by atoms with E-state index in [0.29, 0.717) is 32.1 Å². The Labute approximate surface area is 419 Å². The van der Waals surface area contributed by atoms with Crippen LogP contribution in [-0.2, 0) is 46.3 Å². The lowest BCUT2D eigenvalue weighted by molar-refractivity contribution is -0.161. The van der Waals surface area contributed by atoms with Crippen molar-refractivity contribution in [1.82, 2.24) is 9.55 Å². The third-order valence-corrected chi connectivity index (χ3v) is 13.1. The summed E-state index contributed by atoms with van der Waals surface area (Å²) in [4.78, 5) is 61.8. The predicted octanol–water partition coefficient (Wildman–Crippen LogP) is 8.86. The van der Waals surface area contributed by atoms with Crippen LogP contribution >= 0.6 is 15.6 Å². The van der Waals surface area contributed by atoms with Crippen LogP contribution in [0.3, 0.4) is 0 Å². The van der Waals surface area contributed by atoms with E-state index in [-0.39, 0.29) is 18.7 Å². The summed E-state index contributed by atoms with van der Waals surface area (Å²) in [7, 11) is -10.9. The van der Waals surface area contributed by atoms with Gasteiger partial charge in [0.2, 0.25) is 0 Å². The smallest absolute Gasteiger partial charge is 0.462 e. The first kappa shape index (κ1) is 63.0. The van der Waals surface area contributed by atoms with Gasteiger partial charge < -0.3 is 45.1 Å². The molecule has 0 amide bonds. The van der Waals surface area contributed by atoms with Gasteiger partial charge in [-0.15, -0.1) is 0 Å². The molecule has 0 spiro atoms. The first-order valence-electron chi connectivity index (χ1n) is 24.7. The molecule has 1 fully saturated rings. The molecule has 0 aliphatic carbocycles. The topological polar surface area (TPSA) is 286 Å². The number of allylic oxidation sites excluding steroid dienone is 13. The summed E-state index contributed by atoms with van der Waals surface area (Å²) in [5, 5.41) is 30.7. The van der Waals surface area contributed by atoms with E-state index < -0.39 is 89.8 Å². The minimum Gasteiger partial charge on any atom is -0.462 e. The molecule has 71 heavy (non-hydrogen) atoms. The number of aliphatic hydroxyl groups excluding tert-OH is 3. The van der Waals surface area contributed by atoms with Crippen molar-refractivity contribution in [2.45, 2.75) is 173 Å². The number of phosphoric acid groups is 2. The Morgan fingerprint density at radius 1 is 0.732 bits per heavy atom. The molecule has 7 N–H and O–H groups in total. The Morgan fingerprint density at radius 3 is 1.86 bits per heavy atom. The van der Waals surface area contributed by atoms with Gasteiger partial charge in [-0.2, -0.15) is 9.29 Å². The zero-order valence-electron chi connectivity index (χ0n) is 41.4. The number of aliphatic hydroxyl groups is 3. The number of nitrogen functional groups attached to an aromatic ring is 1. The van der Waals surface area contributed by atoms with Gasteiger partial charge in [0.25, 0.3) is 0 Å². The van der Waals surface area contributed by atoms with Crippen LogP contribution in [0.1, 0.15) is 142 Å². The number of aromatic nitrogens is 2. The lowest BCUT2D eigenvalue weighted by atomic mass is 10.1. The molecule has 1 saturated heterocycles. The number of esters is 2. The fourth-order valence-electron chi connectivity index (χ4n) is 6.62. The van der Waals surface area contributed by atoms with E-state index in [1.165, 1.54) is 25.3 Å². The lowest BCUT2D eigenvalue weighted by Gasteiger charge is -2.21. The van der Waals surface area contributed by atoms with Crippen LogP contribution in [0.4, 0.5) is 5.82 Å². The van der Waals surface area contributed by atoms with E-state index in [1.54, 1.807) is 0 Å². The van der Waals surface area contributed by atoms with Crippen LogP contribution < -0.4 is 11.4 Å². The van der Waals surface area contributed by atoms with Gasteiger partial charge in [0, 0.05) is 19.0 Å². The Balaban J connectivity index is 1.87. The average Bonchev–Trinajstić information content (AvgIpc) is 3.60. The second kappa shape index (κ2) is 37.6. The number of nitrogens with zero attached hydrogens (tertiary/aromatic N) is 2. The van der Waals surface area contributed by atoms with Crippen LogP contribution in [0.15, 0.2) is 102 Å². The number of rotatable bonds is 39. The molecule has 1 aliphatic heterocycles. The summed E-state index contributed by atoms with van der Waals surface area (Å²) in [6.45, 7) is 1.85. The normalized spacial score (nSPS) is 20.3. The van der Waals surface area contributed by atoms with Gasteiger partial charge in [-0.3, -0.25) is 23.2 Å². The van der Waals surface area contributed by atoms with Gasteiger partial charge in [-0.05, 0) is 89.5 Å². The van der Waals surface area contributed by atoms with Gasteiger partial charge in [0.1, 0.15) is 30.7 Å². The molecule has 2 rings (SSSR count). The summed E-state index contributed by atoms with van der Waals surface area (Å²) >= 11 is 0. The molecular weight excluding hydrogens is 961 g/mol. The lowest BCUT2D eigenvalue weighted by Crippen LogP contribution is -2.36. The molecule has 0 saturated carbocycles. The van der Waals surface area contributed by atoms with Crippen LogP contribution in [0.25, 0.3) is 0 Å². The Bertz CT molecular complexity index is 2040. The molecule has 1 aromatic heterocycles. The summed E-state index contributed by atoms with van der Waals surface area (Å²) in [6.07, 6.45) is 35.8. The van der Waals surface area contributed by atoms with Gasteiger partial charge in [-0.1, -0.05) is 125 Å². The number of carbonyl (C=O) groups is 2. The molecular formula is C50H79N3O16P2. The molecule has 0 radical (unpaired) electrons. The van der Waals surface area contributed by atoms with E-state index >= 15 is 0 Å². The van der Waals surface area contributed by atoms with E-state index in [1.807, 2.05) is 54.7 Å². The second-order valence-electron chi connectivity index (χ2n) is 16.8. The minimum atomic E-state index is -5.45. The van der Waals surface area contributed by atoms with Crippen molar-refractivity contribution in [3.05, 3.63) is 108 Å². The maximum absolute atomic E-state index is 12.8. The highest BCUT2D eigenvalue weighted by atomic mass is 31.3. The molecule has 2 heterocycles. The SMILES string of the molecule is CCCCC/C=C\C/C=C\C/C=C\CCCCC(=O)OC[C@H](COP(=O)(O)OP(=O)(O)OC[C@H]1O[C@@H](n2ccc(N)nc2=O)[C@H](O)[C@@H]1O)OC(=O)CCC/C=C\C/C=C\C/C=C\C/C=C\[C@H](O)CCCC. The molecule has 0 aromatic carbocycles. The number of hydrogen-bond donors (Lipinski definition) is 6. The number of unbranched alkanes of at least 4 members (excludes halogenated alkanes) is 7. The van der Waals surface area contributed by atoms with Gasteiger partial charge in [0.15, 0.2) is 12.3 Å². The maximum Gasteiger partial charge on any atom is 0.481 e. The number of nitrogens with two attached hydrogens (primary N) is 1. The van der Waals surface area contributed by atoms with Crippen molar-refractivity contribution >= 4 is 33.4 Å². The quantitative estimate of drug-likeness (QED) is 0.0155. The van der Waals surface area contributed by atoms with Crippen molar-refractivity contribution in [3.63, 3.8) is 0 Å². The van der Waals surface area contributed by atoms with Crippen LogP contribution in [0.5, 0.6) is 0 Å². The summed E-state index contributed by atoms with van der Waals surface area (Å²) in [5.41, 5.74) is 4.57. The van der Waals surface area contributed by atoms with Crippen molar-refractivity contribution in [1.29, 1.82) is 0 Å². The standard InChI is InChI=1S/C50H79N3O16P2/c1-3-5-7-8-9-10-11-12-13-14-18-21-24-27-30-34-45(55)64-38-42(67-46(56)35-31-28-25-22-19-16-15-17-20-23-26-29-33-41(54)32-6-4-2)39-65-70(60,61)69-71(62,63)66-40-43-47(57)48(58)49(68-43)53-37-36-44(51)52-50(53)59/h9-10,12-13,15-16,18,20-23,25,29,33,36-37,41-43,47-49,54,57-58H,3-8,11,14,17,19,24,26-28,30-32,34-35,38-40H2,1-2H3,(H,60,61)(H,62,63)(H2,51,52,59)/b10-9-,13-12-,16-15-,21-18-,23-20-,25-22-,33-29-/t41-,42-,43-,47-,48-,49-/m1/s1. The number of carbonyl (C=O) groups excluding carboxylic acids is 2. The Morgan fingerprint density at radius 2 is 1.27 bits per heavy atom. The number of ether oxygens (including phenoxy) is 3. The zero-order chi connectivity index (χ0) is 52.2. The largest absolute Gasteiger partial charge is 0.481 e. The van der Waals surface area contributed by atoms with E-state index in [9.17, 15) is 48.6 Å². The monoisotopic (exact) mass is 1040 g/mol. The van der Waals surface area contributed by atoms with E-state index in [2.05, 4.69) is 53.5 Å². The van der Waals surface area contributed by atoms with Gasteiger partial charge in [0.05, 0.1) is 19.3 Å². The molecule has 21 heteroatoms. The molecule has 1 aliphatic rings. The van der Waals surface area contributed by atoms with Gasteiger partial charge >= 0.3 is 33.3 Å². The summed E-state index contributed by atoms with van der Waals surface area (Å²) < 4.78 is 56.6. The highest BCUT2D eigenvalue weighted by Gasteiger charge is 2.46. The molecule has 19 nitrogen and oxygen atoms in total. The summed E-state index contributed by atoms with van der Waals surface area (Å²) in [5.74, 6) is -1.45. The fourth-order valence-corrected chi connectivity index (χ4v) is 8.73. The highest BCUT2D eigenvalue weighted by Crippen LogP contribution is 2.60. The van der Waals surface area contributed by atoms with Crippen molar-refractivity contribution < 1.29 is 71.4 Å². The van der Waals surface area contributed by atoms with Gasteiger partial charge in [-0.25, -0.2) is 13.9 Å². The van der Waals surface area contributed by atoms with Crippen molar-refractivity contribution in [2.24, 2.45) is 0 Å². The minimum absolute atomic E-state index is 0.0537. The average molecular weight is 1040 g/mol. The molecule has 1 aromatic rings. The Kier molecular flexibility index (Phi) is 33.4. The molecule has 400 valence electrons. The number of anilines is 1. The molecule has 8 atom stereocenters. The second-order valence-corrected chi connectivity index (χ2v) is 19.8. The van der Waals surface area contributed by atoms with E-state index in [0.717, 1.165) is 68.6 Å². The third-order valence-electron chi connectivity index (χ3n) is 10.5. The third kappa shape index (κ3) is 30.5. The Hall–Kier alpha value is -4.10. The number of hydrogen-bond acceptors (Lipinski definition) is 16. The van der Waals surface area contributed by atoms with Crippen LogP contribution in [0.2, 0.25) is 0 Å². The van der Waals surface area contributed by atoms with Crippen LogP contribution in [-0.4, -0.2) is 96.9 Å². The molecule has 0 bridgehead atoms. The van der Waals surface area contributed by atoms with Crippen LogP contribution in [0, 0.1) is 0 Å². The van der Waals surface area contributed by atoms with E-state index in [4.69, 9.17) is 29.0 Å². The predicted molar refractivity (Wildman–Crippen MR) is 271 cm³/mol. The summed E-state index contributed by atoms with van der Waals surface area (Å²) in [6, 6.07) is 1.24. The highest BCUT2D eigenvalue weighted by molar-refractivity contribution is 7.61. The van der Waals surface area contributed by atoms with Crippen molar-refractivity contribution in [2.75, 3.05) is 25.6 Å². The first-order valence-corrected chi connectivity index (χ1v) is 27.7. The maximum atomic E-state index is 12.8. The number of phosphoric ester groups is 2. The van der Waals surface area contributed by atoms with Crippen molar-refractivity contribution in [3.8, 4) is 0 Å². The first-order chi connectivity index (χ1) is 34.1. The molecule has 2 unspecified atom stereocenters. The zero-order valence-corrected chi connectivity index (χ0v) is 43.1.